The molecule has 3 heteroatoms. The number of carbonyl (C=O) groups is 1. The summed E-state index contributed by atoms with van der Waals surface area (Å²) in [6, 6.07) is 7.71. The van der Waals surface area contributed by atoms with Crippen LogP contribution >= 0.6 is 0 Å². The normalized spacial score (nSPS) is 17.7. The number of ether oxygens (including phenoxy) is 1. The SMILES string of the molecule is COc1ccccc1CC(=O)C1(CN)CCCC1. The number of carbonyl (C=O) groups excluding carboxylic acids is 1. The van der Waals surface area contributed by atoms with Gasteiger partial charge in [0.05, 0.1) is 7.11 Å². The molecule has 3 nitrogen and oxygen atoms in total. The Morgan fingerprint density at radius 2 is 2.00 bits per heavy atom. The molecular weight excluding hydrogens is 226 g/mol. The van der Waals surface area contributed by atoms with Crippen LogP contribution in [0.25, 0.3) is 0 Å². The molecule has 1 aliphatic carbocycles. The zero-order valence-corrected chi connectivity index (χ0v) is 10.9. The molecule has 0 atom stereocenters. The predicted molar refractivity (Wildman–Crippen MR) is 71.7 cm³/mol. The Balaban J connectivity index is 2.15. The van der Waals surface area contributed by atoms with Crippen LogP contribution in [0.3, 0.4) is 0 Å². The van der Waals surface area contributed by atoms with Crippen molar-refractivity contribution in [1.82, 2.24) is 0 Å². The fourth-order valence-electron chi connectivity index (χ4n) is 2.86. The molecule has 1 aromatic rings. The van der Waals surface area contributed by atoms with E-state index in [1.54, 1.807) is 7.11 Å². The molecule has 0 aromatic heterocycles. The molecule has 0 spiro atoms. The standard InChI is InChI=1S/C15H21NO2/c1-18-13-7-3-2-6-12(13)10-14(17)15(11-16)8-4-5-9-15/h2-3,6-7H,4-5,8-11,16H2,1H3. The van der Waals surface area contributed by atoms with Gasteiger partial charge >= 0.3 is 0 Å². The first kappa shape index (κ1) is 13.1. The Kier molecular flexibility index (Phi) is 4.02. The Hall–Kier alpha value is -1.35. The average molecular weight is 247 g/mol. The van der Waals surface area contributed by atoms with Crippen LogP contribution in [-0.2, 0) is 11.2 Å². The molecule has 2 rings (SSSR count). The van der Waals surface area contributed by atoms with Gasteiger partial charge in [-0.15, -0.1) is 0 Å². The molecule has 1 saturated carbocycles. The van der Waals surface area contributed by atoms with Crippen LogP contribution in [0.1, 0.15) is 31.2 Å². The predicted octanol–water partition coefficient (Wildman–Crippen LogP) is 2.33. The van der Waals surface area contributed by atoms with Gasteiger partial charge in [0.2, 0.25) is 0 Å². The Morgan fingerprint density at radius 3 is 2.61 bits per heavy atom. The van der Waals surface area contributed by atoms with Crippen molar-refractivity contribution in [2.45, 2.75) is 32.1 Å². The number of methoxy groups -OCH3 is 1. The Morgan fingerprint density at radius 1 is 1.33 bits per heavy atom. The van der Waals surface area contributed by atoms with Gasteiger partial charge in [-0.2, -0.15) is 0 Å². The summed E-state index contributed by atoms with van der Waals surface area (Å²) in [5, 5.41) is 0. The van der Waals surface area contributed by atoms with E-state index >= 15 is 0 Å². The minimum atomic E-state index is -0.277. The lowest BCUT2D eigenvalue weighted by Crippen LogP contribution is -2.37. The smallest absolute Gasteiger partial charge is 0.144 e. The lowest BCUT2D eigenvalue weighted by atomic mass is 9.79. The Labute approximate surface area is 108 Å². The fraction of sp³-hybridized carbons (Fsp3) is 0.533. The van der Waals surface area contributed by atoms with Crippen LogP contribution in [0.4, 0.5) is 0 Å². The average Bonchev–Trinajstić information content (AvgIpc) is 2.89. The molecule has 2 N–H and O–H groups in total. The monoisotopic (exact) mass is 247 g/mol. The van der Waals surface area contributed by atoms with Crippen molar-refractivity contribution in [3.63, 3.8) is 0 Å². The van der Waals surface area contributed by atoms with Crippen molar-refractivity contribution in [3.8, 4) is 5.75 Å². The summed E-state index contributed by atoms with van der Waals surface area (Å²) in [5.41, 5.74) is 6.53. The number of Topliss-reactive ketones (excluding diaryl/α,β-unsaturated/α-hetero) is 1. The lowest BCUT2D eigenvalue weighted by Gasteiger charge is -2.25. The largest absolute Gasteiger partial charge is 0.496 e. The second-order valence-electron chi connectivity index (χ2n) is 5.10. The number of nitrogens with two attached hydrogens (primary N) is 1. The summed E-state index contributed by atoms with van der Waals surface area (Å²) < 4.78 is 5.29. The molecular formula is C15H21NO2. The molecule has 1 aliphatic rings. The van der Waals surface area contributed by atoms with E-state index in [-0.39, 0.29) is 11.2 Å². The third-order valence-electron chi connectivity index (χ3n) is 4.09. The van der Waals surface area contributed by atoms with E-state index in [2.05, 4.69) is 0 Å². The first-order valence-electron chi connectivity index (χ1n) is 6.57. The molecule has 0 unspecified atom stereocenters. The van der Waals surface area contributed by atoms with E-state index in [9.17, 15) is 4.79 Å². The van der Waals surface area contributed by atoms with Crippen molar-refractivity contribution in [2.75, 3.05) is 13.7 Å². The van der Waals surface area contributed by atoms with E-state index in [0.29, 0.717) is 13.0 Å². The maximum Gasteiger partial charge on any atom is 0.144 e. The highest BCUT2D eigenvalue weighted by Gasteiger charge is 2.39. The maximum absolute atomic E-state index is 12.5. The van der Waals surface area contributed by atoms with Gasteiger partial charge in [0.15, 0.2) is 0 Å². The number of hydrogen-bond donors (Lipinski definition) is 1. The molecule has 98 valence electrons. The highest BCUT2D eigenvalue weighted by Crippen LogP contribution is 2.39. The molecule has 0 radical (unpaired) electrons. The first-order valence-corrected chi connectivity index (χ1v) is 6.57. The number of benzene rings is 1. The van der Waals surface area contributed by atoms with Crippen molar-refractivity contribution in [2.24, 2.45) is 11.1 Å². The van der Waals surface area contributed by atoms with Crippen molar-refractivity contribution >= 4 is 5.78 Å². The number of hydrogen-bond acceptors (Lipinski definition) is 3. The summed E-state index contributed by atoms with van der Waals surface area (Å²) in [7, 11) is 1.64. The van der Waals surface area contributed by atoms with E-state index in [1.165, 1.54) is 0 Å². The van der Waals surface area contributed by atoms with Gasteiger partial charge in [-0.1, -0.05) is 31.0 Å². The second kappa shape index (κ2) is 5.53. The molecule has 0 aliphatic heterocycles. The van der Waals surface area contributed by atoms with Crippen molar-refractivity contribution in [3.05, 3.63) is 29.8 Å². The molecule has 0 saturated heterocycles. The maximum atomic E-state index is 12.5. The van der Waals surface area contributed by atoms with Crippen LogP contribution in [0, 0.1) is 5.41 Å². The zero-order valence-electron chi connectivity index (χ0n) is 10.9. The fourth-order valence-corrected chi connectivity index (χ4v) is 2.86. The molecule has 18 heavy (non-hydrogen) atoms. The van der Waals surface area contributed by atoms with Crippen LogP contribution in [0.2, 0.25) is 0 Å². The van der Waals surface area contributed by atoms with Gasteiger partial charge in [-0.3, -0.25) is 4.79 Å². The molecule has 1 aromatic carbocycles. The van der Waals surface area contributed by atoms with E-state index in [1.807, 2.05) is 24.3 Å². The van der Waals surface area contributed by atoms with E-state index < -0.39 is 0 Å². The van der Waals surface area contributed by atoms with Crippen LogP contribution < -0.4 is 10.5 Å². The van der Waals surface area contributed by atoms with Gasteiger partial charge in [0, 0.05) is 23.9 Å². The van der Waals surface area contributed by atoms with E-state index in [0.717, 1.165) is 37.0 Å². The number of ketones is 1. The minimum absolute atomic E-state index is 0.270. The number of para-hydroxylation sites is 1. The summed E-state index contributed by atoms with van der Waals surface area (Å²) in [5.74, 6) is 1.06. The highest BCUT2D eigenvalue weighted by molar-refractivity contribution is 5.87. The summed E-state index contributed by atoms with van der Waals surface area (Å²) >= 11 is 0. The quantitative estimate of drug-likeness (QED) is 0.868. The van der Waals surface area contributed by atoms with Crippen LogP contribution in [-0.4, -0.2) is 19.4 Å². The highest BCUT2D eigenvalue weighted by atomic mass is 16.5. The zero-order chi connectivity index (χ0) is 13.0. The van der Waals surface area contributed by atoms with Gasteiger partial charge in [0.1, 0.15) is 11.5 Å². The molecule has 0 amide bonds. The lowest BCUT2D eigenvalue weighted by molar-refractivity contribution is -0.127. The Bertz CT molecular complexity index is 422. The summed E-state index contributed by atoms with van der Waals surface area (Å²) in [4.78, 5) is 12.5. The van der Waals surface area contributed by atoms with Gasteiger partial charge in [0.25, 0.3) is 0 Å². The van der Waals surface area contributed by atoms with Gasteiger partial charge in [-0.05, 0) is 18.9 Å². The van der Waals surface area contributed by atoms with Crippen molar-refractivity contribution in [1.29, 1.82) is 0 Å². The molecule has 1 fully saturated rings. The van der Waals surface area contributed by atoms with Crippen LogP contribution in [0.15, 0.2) is 24.3 Å². The molecule has 0 bridgehead atoms. The first-order chi connectivity index (χ1) is 8.72. The van der Waals surface area contributed by atoms with Crippen molar-refractivity contribution < 1.29 is 9.53 Å². The van der Waals surface area contributed by atoms with E-state index in [4.69, 9.17) is 10.5 Å². The second-order valence-corrected chi connectivity index (χ2v) is 5.10. The van der Waals surface area contributed by atoms with Crippen LogP contribution in [0.5, 0.6) is 5.75 Å². The number of rotatable bonds is 5. The van der Waals surface area contributed by atoms with Gasteiger partial charge in [-0.25, -0.2) is 0 Å². The minimum Gasteiger partial charge on any atom is -0.496 e. The third kappa shape index (κ3) is 2.41. The molecule has 0 heterocycles. The topological polar surface area (TPSA) is 52.3 Å². The van der Waals surface area contributed by atoms with Gasteiger partial charge < -0.3 is 10.5 Å². The summed E-state index contributed by atoms with van der Waals surface area (Å²) in [6.45, 7) is 0.473. The summed E-state index contributed by atoms with van der Waals surface area (Å²) in [6.07, 6.45) is 4.56. The third-order valence-corrected chi connectivity index (χ3v) is 4.09.